The second-order valence-electron chi connectivity index (χ2n) is 8.03. The van der Waals surface area contributed by atoms with Gasteiger partial charge < -0.3 is 15.4 Å². The van der Waals surface area contributed by atoms with Crippen LogP contribution in [-0.4, -0.2) is 66.5 Å². The first-order valence-electron chi connectivity index (χ1n) is 11.6. The van der Waals surface area contributed by atoms with Crippen molar-refractivity contribution in [1.29, 1.82) is 0 Å². The van der Waals surface area contributed by atoms with Crippen molar-refractivity contribution in [2.24, 2.45) is 0 Å². The van der Waals surface area contributed by atoms with Crippen molar-refractivity contribution in [1.82, 2.24) is 24.9 Å². The van der Waals surface area contributed by atoms with Gasteiger partial charge in [-0.25, -0.2) is 36.0 Å². The molecule has 0 aromatic carbocycles. The summed E-state index contributed by atoms with van der Waals surface area (Å²) in [5, 5.41) is 10.7. The number of ether oxygens (including phenoxy) is 1. The van der Waals surface area contributed by atoms with Gasteiger partial charge in [0.2, 0.25) is 15.8 Å². The molecule has 0 bridgehead atoms. The number of nitrogens with zero attached hydrogens (tertiary/aromatic N) is 5. The highest BCUT2D eigenvalue weighted by atomic mass is 32.2. The van der Waals surface area contributed by atoms with Crippen molar-refractivity contribution in [3.05, 3.63) is 30.0 Å². The minimum Gasteiger partial charge on any atom is -0.493 e. The van der Waals surface area contributed by atoms with Gasteiger partial charge in [0.15, 0.2) is 28.8 Å². The molecule has 2 aliphatic heterocycles. The molecule has 3 aromatic heterocycles. The number of pyridine rings is 1. The van der Waals surface area contributed by atoms with Crippen LogP contribution in [0.4, 0.5) is 20.4 Å². The van der Waals surface area contributed by atoms with E-state index in [-0.39, 0.29) is 47.1 Å². The van der Waals surface area contributed by atoms with Crippen LogP contribution in [0.3, 0.4) is 0 Å². The Morgan fingerprint density at radius 3 is 2.66 bits per heavy atom. The predicted molar refractivity (Wildman–Crippen MR) is 129 cm³/mol. The van der Waals surface area contributed by atoms with E-state index >= 15 is 0 Å². The Morgan fingerprint density at radius 1 is 1.20 bits per heavy atom. The first-order chi connectivity index (χ1) is 16.9. The zero-order valence-corrected chi connectivity index (χ0v) is 20.7. The van der Waals surface area contributed by atoms with E-state index in [9.17, 15) is 17.2 Å². The molecule has 2 aliphatic rings. The van der Waals surface area contributed by atoms with Gasteiger partial charge in [0, 0.05) is 31.3 Å². The Morgan fingerprint density at radius 2 is 2.00 bits per heavy atom. The summed E-state index contributed by atoms with van der Waals surface area (Å²) < 4.78 is 62.0. The smallest absolute Gasteiger partial charge is 0.236 e. The number of methoxy groups -OCH3 is 1. The fourth-order valence-corrected chi connectivity index (χ4v) is 5.68. The zero-order chi connectivity index (χ0) is 25.2. The Kier molecular flexibility index (Phi) is 7.36. The molecule has 0 amide bonds. The molecule has 2 saturated heterocycles. The van der Waals surface area contributed by atoms with Crippen molar-refractivity contribution >= 4 is 27.3 Å². The molecule has 0 aliphatic carbocycles. The van der Waals surface area contributed by atoms with E-state index in [1.165, 1.54) is 28.2 Å². The number of hydrogen-bond donors (Lipinski definition) is 2. The third-order valence-electron chi connectivity index (χ3n) is 5.80. The number of anilines is 2. The van der Waals surface area contributed by atoms with Crippen molar-refractivity contribution in [2.75, 3.05) is 42.1 Å². The van der Waals surface area contributed by atoms with Crippen LogP contribution < -0.4 is 19.7 Å². The molecule has 35 heavy (non-hydrogen) atoms. The quantitative estimate of drug-likeness (QED) is 0.540. The molecule has 2 N–H and O–H groups in total. The number of rotatable bonds is 5. The van der Waals surface area contributed by atoms with Crippen molar-refractivity contribution in [3.63, 3.8) is 0 Å². The van der Waals surface area contributed by atoms with E-state index in [0.29, 0.717) is 18.6 Å². The van der Waals surface area contributed by atoms with Crippen molar-refractivity contribution in [3.8, 4) is 17.1 Å². The van der Waals surface area contributed by atoms with Crippen molar-refractivity contribution < 1.29 is 21.9 Å². The number of nitrogens with one attached hydrogen (secondary N) is 2. The zero-order valence-electron chi connectivity index (χ0n) is 19.9. The van der Waals surface area contributed by atoms with Gasteiger partial charge in [-0.15, -0.1) is 5.10 Å². The minimum absolute atomic E-state index is 0.00581. The summed E-state index contributed by atoms with van der Waals surface area (Å²) in [4.78, 5) is 8.44. The molecule has 0 spiro atoms. The van der Waals surface area contributed by atoms with E-state index in [0.717, 1.165) is 25.5 Å². The summed E-state index contributed by atoms with van der Waals surface area (Å²) in [7, 11) is -2.13. The number of imidazole rings is 1. The number of aromatic nitrogens is 4. The average molecular weight is 510 g/mol. The molecule has 10 nitrogen and oxygen atoms in total. The van der Waals surface area contributed by atoms with E-state index < -0.39 is 21.7 Å². The monoisotopic (exact) mass is 509 g/mol. The average Bonchev–Trinajstić information content (AvgIpc) is 3.43. The maximum atomic E-state index is 14.8. The van der Waals surface area contributed by atoms with Gasteiger partial charge in [-0.2, -0.15) is 0 Å². The fraction of sp³-hybridized carbons (Fsp3) is 0.500. The number of halogens is 2. The molecule has 0 radical (unpaired) electrons. The van der Waals surface area contributed by atoms with Crippen LogP contribution in [0.15, 0.2) is 18.3 Å². The molecule has 1 unspecified atom stereocenters. The van der Waals surface area contributed by atoms with Gasteiger partial charge in [-0.3, -0.25) is 0 Å². The van der Waals surface area contributed by atoms with Crippen LogP contribution in [0.5, 0.6) is 5.75 Å². The molecule has 0 saturated carbocycles. The largest absolute Gasteiger partial charge is 0.493 e. The van der Waals surface area contributed by atoms with Gasteiger partial charge in [-0.05, 0) is 25.8 Å². The number of hydrogen-bond acceptors (Lipinski definition) is 8. The SMILES string of the molecule is CC.COc1cc2ncc(-c3nc(NC4CCCNC4)c(F)cc3F)n2nc1N1CCCS1(=O)=O. The number of fused-ring (bicyclic) bond motifs is 1. The van der Waals surface area contributed by atoms with Crippen LogP contribution in [0.2, 0.25) is 0 Å². The van der Waals surface area contributed by atoms with E-state index in [1.807, 2.05) is 13.8 Å². The second kappa shape index (κ2) is 10.3. The van der Waals surface area contributed by atoms with Gasteiger partial charge in [0.05, 0.1) is 19.1 Å². The highest BCUT2D eigenvalue weighted by molar-refractivity contribution is 7.93. The molecule has 2 fully saturated rings. The van der Waals surface area contributed by atoms with Gasteiger partial charge >= 0.3 is 0 Å². The van der Waals surface area contributed by atoms with Crippen LogP contribution in [0, 0.1) is 11.6 Å². The van der Waals surface area contributed by atoms with Crippen LogP contribution in [0.25, 0.3) is 17.0 Å². The summed E-state index contributed by atoms with van der Waals surface area (Å²) in [5.74, 6) is -1.43. The normalized spacial score (nSPS) is 19.3. The lowest BCUT2D eigenvalue weighted by Gasteiger charge is -2.24. The molecule has 5 rings (SSSR count). The third kappa shape index (κ3) is 4.87. The van der Waals surface area contributed by atoms with Crippen LogP contribution in [0.1, 0.15) is 33.1 Å². The van der Waals surface area contributed by atoms with E-state index in [2.05, 4.69) is 25.7 Å². The summed E-state index contributed by atoms with van der Waals surface area (Å²) in [6.45, 7) is 5.81. The molecule has 1 atom stereocenters. The van der Waals surface area contributed by atoms with Gasteiger partial charge in [0.1, 0.15) is 11.4 Å². The lowest BCUT2D eigenvalue weighted by molar-refractivity contribution is 0.413. The second-order valence-corrected chi connectivity index (χ2v) is 10.0. The highest BCUT2D eigenvalue weighted by Gasteiger charge is 2.33. The summed E-state index contributed by atoms with van der Waals surface area (Å²) in [5.41, 5.74) is 0.314. The Bertz CT molecular complexity index is 1310. The Hall–Kier alpha value is -3.06. The molecular formula is C22H29F2N7O3S. The maximum absolute atomic E-state index is 14.8. The summed E-state index contributed by atoms with van der Waals surface area (Å²) in [6, 6.07) is 2.26. The molecule has 5 heterocycles. The first kappa shape index (κ1) is 25.0. The minimum atomic E-state index is -3.54. The molecular weight excluding hydrogens is 480 g/mol. The standard InChI is InChI=1S/C20H23F2N7O3S.C2H6/c1-32-16-9-17-24-11-15(29(17)27-20(16)28-6-3-7-33(28,30)31)18-13(21)8-14(22)19(26-18)25-12-4-2-5-23-10-12;1-2/h8-9,11-12,23H,2-7,10H2,1H3,(H,25,26);1-2H3. The number of piperidine rings is 1. The maximum Gasteiger partial charge on any atom is 0.236 e. The van der Waals surface area contributed by atoms with Crippen molar-refractivity contribution in [2.45, 2.75) is 39.2 Å². The van der Waals surface area contributed by atoms with Crippen LogP contribution in [-0.2, 0) is 10.0 Å². The predicted octanol–water partition coefficient (Wildman–Crippen LogP) is 2.81. The van der Waals surface area contributed by atoms with E-state index in [4.69, 9.17) is 4.74 Å². The topological polar surface area (TPSA) is 114 Å². The molecule has 3 aromatic rings. The van der Waals surface area contributed by atoms with Gasteiger partial charge in [0.25, 0.3) is 0 Å². The first-order valence-corrected chi connectivity index (χ1v) is 13.2. The summed E-state index contributed by atoms with van der Waals surface area (Å²) in [6.07, 6.45) is 3.60. The Balaban J connectivity index is 0.00000141. The fourth-order valence-electron chi connectivity index (χ4n) is 4.17. The lowest BCUT2D eigenvalue weighted by atomic mass is 10.1. The number of sulfonamides is 1. The third-order valence-corrected chi connectivity index (χ3v) is 7.64. The van der Waals surface area contributed by atoms with Gasteiger partial charge in [-0.1, -0.05) is 13.8 Å². The lowest BCUT2D eigenvalue weighted by Crippen LogP contribution is -2.38. The van der Waals surface area contributed by atoms with E-state index in [1.54, 1.807) is 0 Å². The summed E-state index contributed by atoms with van der Waals surface area (Å²) >= 11 is 0. The Labute approximate surface area is 202 Å². The molecule has 13 heteroatoms. The molecule has 190 valence electrons. The highest BCUT2D eigenvalue weighted by Crippen LogP contribution is 2.34. The van der Waals surface area contributed by atoms with Crippen LogP contribution >= 0.6 is 0 Å².